The molecule has 0 saturated carbocycles. The van der Waals surface area contributed by atoms with Crippen LogP contribution in [0.2, 0.25) is 0 Å². The van der Waals surface area contributed by atoms with E-state index in [1.807, 2.05) is 24.3 Å². The highest BCUT2D eigenvalue weighted by atomic mass is 79.9. The van der Waals surface area contributed by atoms with Gasteiger partial charge >= 0.3 is 0 Å². The third kappa shape index (κ3) is 3.68. The van der Waals surface area contributed by atoms with E-state index in [1.165, 1.54) is 0 Å². The van der Waals surface area contributed by atoms with Crippen molar-refractivity contribution in [3.8, 4) is 5.75 Å². The van der Waals surface area contributed by atoms with Crippen molar-refractivity contribution in [1.82, 2.24) is 0 Å². The third-order valence-electron chi connectivity index (χ3n) is 3.01. The zero-order valence-corrected chi connectivity index (χ0v) is 11.5. The van der Waals surface area contributed by atoms with Crippen molar-refractivity contribution in [2.24, 2.45) is 0 Å². The minimum Gasteiger partial charge on any atom is -0.491 e. The van der Waals surface area contributed by atoms with Gasteiger partial charge in [-0.2, -0.15) is 0 Å². The van der Waals surface area contributed by atoms with E-state index in [4.69, 9.17) is 14.6 Å². The van der Waals surface area contributed by atoms with Crippen LogP contribution in [0.25, 0.3) is 0 Å². The summed E-state index contributed by atoms with van der Waals surface area (Å²) in [6, 6.07) is 7.44. The number of hydrogen-bond acceptors (Lipinski definition) is 4. The van der Waals surface area contributed by atoms with Crippen LogP contribution in [0.3, 0.4) is 0 Å². The van der Waals surface area contributed by atoms with E-state index in [-0.39, 0.29) is 25.4 Å². The van der Waals surface area contributed by atoms with Gasteiger partial charge in [0.25, 0.3) is 0 Å². The summed E-state index contributed by atoms with van der Waals surface area (Å²) < 4.78 is 12.0. The first kappa shape index (κ1) is 13.8. The first-order valence-corrected chi connectivity index (χ1v) is 6.81. The molecule has 1 fully saturated rings. The molecule has 0 radical (unpaired) electrons. The Balaban J connectivity index is 1.78. The van der Waals surface area contributed by atoms with Crippen molar-refractivity contribution >= 4 is 15.9 Å². The van der Waals surface area contributed by atoms with Crippen molar-refractivity contribution in [2.75, 3.05) is 13.2 Å². The van der Waals surface area contributed by atoms with Crippen LogP contribution in [0.1, 0.15) is 12.8 Å². The van der Waals surface area contributed by atoms with Crippen molar-refractivity contribution in [2.45, 2.75) is 31.2 Å². The lowest BCUT2D eigenvalue weighted by atomic mass is 10.1. The molecule has 0 aliphatic carbocycles. The number of halogens is 1. The molecule has 1 heterocycles. The van der Waals surface area contributed by atoms with Crippen molar-refractivity contribution < 1.29 is 19.7 Å². The van der Waals surface area contributed by atoms with E-state index < -0.39 is 6.10 Å². The molecule has 5 heteroatoms. The molecule has 0 aromatic heterocycles. The quantitative estimate of drug-likeness (QED) is 0.868. The van der Waals surface area contributed by atoms with Gasteiger partial charge in [0, 0.05) is 4.47 Å². The summed E-state index contributed by atoms with van der Waals surface area (Å²) in [5.41, 5.74) is 0. The number of benzene rings is 1. The maximum atomic E-state index is 9.94. The molecule has 1 aromatic rings. The van der Waals surface area contributed by atoms with Crippen LogP contribution in [0, 0.1) is 0 Å². The largest absolute Gasteiger partial charge is 0.491 e. The Kier molecular flexibility index (Phi) is 5.00. The van der Waals surface area contributed by atoms with Crippen LogP contribution in [0.4, 0.5) is 0 Å². The fraction of sp³-hybridized carbons (Fsp3) is 0.538. The number of aliphatic hydroxyl groups is 2. The standard InChI is InChI=1S/C13H17BrO4/c14-9-1-3-10(4-2-9)17-8-12(16)13-6-5-11(7-15)18-13/h1-4,11-13,15-16H,5-8H2. The fourth-order valence-corrected chi connectivity index (χ4v) is 2.23. The molecule has 3 unspecified atom stereocenters. The van der Waals surface area contributed by atoms with E-state index in [9.17, 15) is 5.11 Å². The van der Waals surface area contributed by atoms with Gasteiger partial charge in [-0.3, -0.25) is 0 Å². The molecule has 4 nitrogen and oxygen atoms in total. The molecular weight excluding hydrogens is 300 g/mol. The van der Waals surface area contributed by atoms with E-state index in [0.29, 0.717) is 5.75 Å². The van der Waals surface area contributed by atoms with Gasteiger partial charge in [-0.05, 0) is 37.1 Å². The van der Waals surface area contributed by atoms with E-state index in [2.05, 4.69) is 15.9 Å². The summed E-state index contributed by atoms with van der Waals surface area (Å²) in [4.78, 5) is 0. The normalized spacial score (nSPS) is 25.1. The Labute approximate surface area is 115 Å². The first-order valence-electron chi connectivity index (χ1n) is 6.02. The Bertz CT molecular complexity index is 368. The molecule has 100 valence electrons. The van der Waals surface area contributed by atoms with Crippen molar-refractivity contribution in [3.05, 3.63) is 28.7 Å². The molecule has 2 N–H and O–H groups in total. The van der Waals surface area contributed by atoms with Gasteiger partial charge in [0.1, 0.15) is 18.5 Å². The molecule has 0 bridgehead atoms. The molecule has 0 amide bonds. The molecular formula is C13H17BrO4. The summed E-state index contributed by atoms with van der Waals surface area (Å²) in [5, 5.41) is 18.9. The van der Waals surface area contributed by atoms with Crippen LogP contribution in [0.15, 0.2) is 28.7 Å². The lowest BCUT2D eigenvalue weighted by Crippen LogP contribution is -2.32. The van der Waals surface area contributed by atoms with E-state index in [1.54, 1.807) is 0 Å². The SMILES string of the molecule is OCC1CCC(C(O)COc2ccc(Br)cc2)O1. The fourth-order valence-electron chi connectivity index (χ4n) is 1.97. The summed E-state index contributed by atoms with van der Waals surface area (Å²) in [5.74, 6) is 0.717. The first-order chi connectivity index (χ1) is 8.69. The van der Waals surface area contributed by atoms with Gasteiger partial charge in [0.2, 0.25) is 0 Å². The third-order valence-corrected chi connectivity index (χ3v) is 3.54. The Hall–Kier alpha value is -0.620. The summed E-state index contributed by atoms with van der Waals surface area (Å²) in [7, 11) is 0. The van der Waals surface area contributed by atoms with Crippen molar-refractivity contribution in [1.29, 1.82) is 0 Å². The highest BCUT2D eigenvalue weighted by Gasteiger charge is 2.30. The maximum absolute atomic E-state index is 9.94. The van der Waals surface area contributed by atoms with E-state index >= 15 is 0 Å². The van der Waals surface area contributed by atoms with Crippen LogP contribution in [-0.2, 0) is 4.74 Å². The monoisotopic (exact) mass is 316 g/mol. The topological polar surface area (TPSA) is 58.9 Å². The summed E-state index contributed by atoms with van der Waals surface area (Å²) in [6.45, 7) is 0.210. The molecule has 1 aromatic carbocycles. The predicted octanol–water partition coefficient (Wildman–Crippen LogP) is 1.73. The second kappa shape index (κ2) is 6.52. The average Bonchev–Trinajstić information content (AvgIpc) is 2.86. The number of rotatable bonds is 5. The predicted molar refractivity (Wildman–Crippen MR) is 70.6 cm³/mol. The van der Waals surface area contributed by atoms with Gasteiger partial charge in [-0.1, -0.05) is 15.9 Å². The van der Waals surface area contributed by atoms with E-state index in [0.717, 1.165) is 17.3 Å². The zero-order chi connectivity index (χ0) is 13.0. The van der Waals surface area contributed by atoms with Gasteiger partial charge in [-0.15, -0.1) is 0 Å². The van der Waals surface area contributed by atoms with Gasteiger partial charge < -0.3 is 19.7 Å². The summed E-state index contributed by atoms with van der Waals surface area (Å²) in [6.07, 6.45) is 0.507. The zero-order valence-electron chi connectivity index (χ0n) is 9.96. The van der Waals surface area contributed by atoms with Gasteiger partial charge in [0.05, 0.1) is 18.8 Å². The highest BCUT2D eigenvalue weighted by molar-refractivity contribution is 9.10. The Morgan fingerprint density at radius 1 is 1.33 bits per heavy atom. The molecule has 3 atom stereocenters. The maximum Gasteiger partial charge on any atom is 0.119 e. The minimum atomic E-state index is -0.662. The van der Waals surface area contributed by atoms with Gasteiger partial charge in [-0.25, -0.2) is 0 Å². The van der Waals surface area contributed by atoms with Crippen LogP contribution in [-0.4, -0.2) is 41.7 Å². The molecule has 1 saturated heterocycles. The van der Waals surface area contributed by atoms with Gasteiger partial charge in [0.15, 0.2) is 0 Å². The van der Waals surface area contributed by atoms with Crippen LogP contribution in [0.5, 0.6) is 5.75 Å². The number of hydrogen-bond donors (Lipinski definition) is 2. The second-order valence-electron chi connectivity index (χ2n) is 4.39. The lowest BCUT2D eigenvalue weighted by Gasteiger charge is -2.19. The number of aliphatic hydroxyl groups excluding tert-OH is 2. The molecule has 2 rings (SSSR count). The Morgan fingerprint density at radius 2 is 2.06 bits per heavy atom. The average molecular weight is 317 g/mol. The van der Waals surface area contributed by atoms with Crippen molar-refractivity contribution in [3.63, 3.8) is 0 Å². The molecule has 18 heavy (non-hydrogen) atoms. The van der Waals surface area contributed by atoms with Crippen LogP contribution >= 0.6 is 15.9 Å². The van der Waals surface area contributed by atoms with Crippen LogP contribution < -0.4 is 4.74 Å². The molecule has 0 spiro atoms. The second-order valence-corrected chi connectivity index (χ2v) is 5.30. The Morgan fingerprint density at radius 3 is 2.67 bits per heavy atom. The summed E-state index contributed by atoms with van der Waals surface area (Å²) >= 11 is 3.35. The number of ether oxygens (including phenoxy) is 2. The molecule has 1 aliphatic rings. The highest BCUT2D eigenvalue weighted by Crippen LogP contribution is 2.23. The minimum absolute atomic E-state index is 0.0107. The lowest BCUT2D eigenvalue weighted by molar-refractivity contribution is -0.0613. The molecule has 1 aliphatic heterocycles. The smallest absolute Gasteiger partial charge is 0.119 e.